The van der Waals surface area contributed by atoms with Crippen LogP contribution in [0, 0.1) is 0 Å². The topological polar surface area (TPSA) is 78.9 Å². The molecule has 2 rings (SSSR count). The predicted octanol–water partition coefficient (Wildman–Crippen LogP) is 0.856. The van der Waals surface area contributed by atoms with Crippen LogP contribution in [0.4, 0.5) is 5.69 Å². The molecule has 0 aliphatic carbocycles. The Hall–Kier alpha value is -1.83. The molecule has 114 valence electrons. The third kappa shape index (κ3) is 3.63. The average molecular weight is 310 g/mol. The van der Waals surface area contributed by atoms with Gasteiger partial charge in [-0.3, -0.25) is 0 Å². The lowest BCUT2D eigenvalue weighted by Crippen LogP contribution is -2.29. The summed E-state index contributed by atoms with van der Waals surface area (Å²) in [7, 11) is -2.16. The highest BCUT2D eigenvalue weighted by molar-refractivity contribution is 7.89. The van der Waals surface area contributed by atoms with Crippen molar-refractivity contribution < 1.29 is 18.3 Å². The van der Waals surface area contributed by atoms with E-state index in [0.29, 0.717) is 18.0 Å². The standard InChI is InChI=1S/C14H18N2O4S/c1-20-12-5-6-14(21(18,19)15-7-10-17)13(11-12)16-8-3-2-4-9-16/h2-6,8,11,15,17H,7,9-10H2,1H3. The number of aliphatic hydroxyl groups is 1. The first-order valence-corrected chi connectivity index (χ1v) is 7.95. The summed E-state index contributed by atoms with van der Waals surface area (Å²) in [5, 5.41) is 8.80. The Bertz CT molecular complexity index is 653. The van der Waals surface area contributed by atoms with E-state index in [-0.39, 0.29) is 18.0 Å². The Kier molecular flexibility index (Phi) is 5.00. The fraction of sp³-hybridized carbons (Fsp3) is 0.286. The molecule has 1 aromatic rings. The lowest BCUT2D eigenvalue weighted by atomic mass is 10.2. The second-order valence-corrected chi connectivity index (χ2v) is 6.11. The summed E-state index contributed by atoms with van der Waals surface area (Å²) in [4.78, 5) is 1.97. The van der Waals surface area contributed by atoms with E-state index < -0.39 is 10.0 Å². The molecule has 1 aromatic carbocycles. The number of ether oxygens (including phenoxy) is 1. The molecule has 0 bridgehead atoms. The number of allylic oxidation sites excluding steroid dienone is 2. The molecule has 0 atom stereocenters. The van der Waals surface area contributed by atoms with Gasteiger partial charge in [-0.05, 0) is 18.2 Å². The van der Waals surface area contributed by atoms with E-state index in [4.69, 9.17) is 9.84 Å². The summed E-state index contributed by atoms with van der Waals surface area (Å²) < 4.78 is 32.2. The predicted molar refractivity (Wildman–Crippen MR) is 80.9 cm³/mol. The molecule has 0 spiro atoms. The summed E-state index contributed by atoms with van der Waals surface area (Å²) >= 11 is 0. The second kappa shape index (κ2) is 6.75. The molecule has 0 fully saturated rings. The molecule has 6 nitrogen and oxygen atoms in total. The van der Waals surface area contributed by atoms with Crippen molar-refractivity contribution >= 4 is 15.7 Å². The quantitative estimate of drug-likeness (QED) is 0.814. The molecule has 1 aliphatic rings. The van der Waals surface area contributed by atoms with Crippen LogP contribution in [0.15, 0.2) is 47.5 Å². The minimum absolute atomic E-state index is 0.0243. The van der Waals surface area contributed by atoms with Gasteiger partial charge in [0.15, 0.2) is 0 Å². The van der Waals surface area contributed by atoms with Crippen LogP contribution in [-0.4, -0.2) is 40.3 Å². The number of rotatable bonds is 6. The second-order valence-electron chi connectivity index (χ2n) is 4.38. The molecular weight excluding hydrogens is 292 g/mol. The van der Waals surface area contributed by atoms with Crippen LogP contribution in [-0.2, 0) is 10.0 Å². The van der Waals surface area contributed by atoms with Gasteiger partial charge in [0.1, 0.15) is 10.6 Å². The maximum atomic E-state index is 12.3. The smallest absolute Gasteiger partial charge is 0.242 e. The van der Waals surface area contributed by atoms with Crippen molar-refractivity contribution in [2.45, 2.75) is 4.90 Å². The van der Waals surface area contributed by atoms with Gasteiger partial charge in [0, 0.05) is 25.4 Å². The number of anilines is 1. The van der Waals surface area contributed by atoms with E-state index in [2.05, 4.69) is 4.72 Å². The zero-order valence-electron chi connectivity index (χ0n) is 11.7. The molecule has 0 amide bonds. The Balaban J connectivity index is 2.45. The summed E-state index contributed by atoms with van der Waals surface area (Å²) in [6, 6.07) is 4.78. The number of hydrogen-bond acceptors (Lipinski definition) is 5. The number of methoxy groups -OCH3 is 1. The monoisotopic (exact) mass is 310 g/mol. The summed E-state index contributed by atoms with van der Waals surface area (Å²) in [5.41, 5.74) is 0.528. The molecule has 0 unspecified atom stereocenters. The summed E-state index contributed by atoms with van der Waals surface area (Å²) in [6.45, 7) is 0.298. The van der Waals surface area contributed by atoms with E-state index in [1.54, 1.807) is 18.3 Å². The lowest BCUT2D eigenvalue weighted by molar-refractivity contribution is 0.301. The van der Waals surface area contributed by atoms with Crippen molar-refractivity contribution in [1.82, 2.24) is 4.72 Å². The molecule has 0 saturated carbocycles. The Morgan fingerprint density at radius 3 is 2.81 bits per heavy atom. The third-order valence-corrected chi connectivity index (χ3v) is 4.49. The van der Waals surface area contributed by atoms with Crippen molar-refractivity contribution in [2.24, 2.45) is 0 Å². The van der Waals surface area contributed by atoms with E-state index in [0.717, 1.165) is 0 Å². The minimum atomic E-state index is -3.69. The van der Waals surface area contributed by atoms with Gasteiger partial charge in [-0.25, -0.2) is 13.1 Å². The van der Waals surface area contributed by atoms with Crippen LogP contribution in [0.2, 0.25) is 0 Å². The van der Waals surface area contributed by atoms with Gasteiger partial charge in [0.2, 0.25) is 10.0 Å². The molecule has 0 radical (unpaired) electrons. The van der Waals surface area contributed by atoms with Gasteiger partial charge in [-0.1, -0.05) is 12.2 Å². The van der Waals surface area contributed by atoms with Gasteiger partial charge in [0.25, 0.3) is 0 Å². The molecule has 1 aliphatic heterocycles. The first kappa shape index (κ1) is 15.6. The van der Waals surface area contributed by atoms with E-state index in [9.17, 15) is 8.42 Å². The zero-order chi connectivity index (χ0) is 15.3. The van der Waals surface area contributed by atoms with Crippen molar-refractivity contribution in [2.75, 3.05) is 31.7 Å². The maximum Gasteiger partial charge on any atom is 0.242 e. The number of benzene rings is 1. The Labute approximate surface area is 124 Å². The van der Waals surface area contributed by atoms with Gasteiger partial charge in [-0.15, -0.1) is 0 Å². The number of aliphatic hydroxyl groups excluding tert-OH is 1. The zero-order valence-corrected chi connectivity index (χ0v) is 12.5. The Morgan fingerprint density at radius 2 is 2.19 bits per heavy atom. The van der Waals surface area contributed by atoms with Crippen LogP contribution < -0.4 is 14.4 Å². The summed E-state index contributed by atoms with van der Waals surface area (Å²) in [5.74, 6) is 0.578. The van der Waals surface area contributed by atoms with Crippen molar-refractivity contribution in [3.63, 3.8) is 0 Å². The number of nitrogens with one attached hydrogen (secondary N) is 1. The van der Waals surface area contributed by atoms with Crippen LogP contribution in [0.1, 0.15) is 0 Å². The van der Waals surface area contributed by atoms with Crippen LogP contribution in [0.5, 0.6) is 5.75 Å². The van der Waals surface area contributed by atoms with Gasteiger partial charge >= 0.3 is 0 Å². The normalized spacial score (nSPS) is 14.5. The molecule has 21 heavy (non-hydrogen) atoms. The highest BCUT2D eigenvalue weighted by atomic mass is 32.2. The molecule has 7 heteroatoms. The molecule has 2 N–H and O–H groups in total. The first-order chi connectivity index (χ1) is 10.1. The van der Waals surface area contributed by atoms with Gasteiger partial charge in [-0.2, -0.15) is 0 Å². The van der Waals surface area contributed by atoms with Crippen molar-refractivity contribution in [3.8, 4) is 5.75 Å². The first-order valence-electron chi connectivity index (χ1n) is 6.47. The summed E-state index contributed by atoms with van der Waals surface area (Å²) in [6.07, 6.45) is 7.46. The lowest BCUT2D eigenvalue weighted by Gasteiger charge is -2.24. The highest BCUT2D eigenvalue weighted by Gasteiger charge is 2.21. The number of nitrogens with zero attached hydrogens (tertiary/aromatic N) is 1. The van der Waals surface area contributed by atoms with Crippen LogP contribution in [0.3, 0.4) is 0 Å². The molecule has 0 saturated heterocycles. The highest BCUT2D eigenvalue weighted by Crippen LogP contribution is 2.30. The Morgan fingerprint density at radius 1 is 1.38 bits per heavy atom. The van der Waals surface area contributed by atoms with E-state index in [1.807, 2.05) is 23.1 Å². The number of sulfonamides is 1. The van der Waals surface area contributed by atoms with Crippen molar-refractivity contribution in [3.05, 3.63) is 42.6 Å². The average Bonchev–Trinajstić information content (AvgIpc) is 2.53. The van der Waals surface area contributed by atoms with Crippen LogP contribution in [0.25, 0.3) is 0 Å². The molecule has 0 aromatic heterocycles. The van der Waals surface area contributed by atoms with Crippen molar-refractivity contribution in [1.29, 1.82) is 0 Å². The fourth-order valence-electron chi connectivity index (χ4n) is 1.98. The SMILES string of the molecule is COc1ccc(S(=O)(=O)NCCO)c(N2C=CC=CC2)c1. The maximum absolute atomic E-state index is 12.3. The van der Waals surface area contributed by atoms with Gasteiger partial charge in [0.05, 0.1) is 19.4 Å². The molecular formula is C14H18N2O4S. The third-order valence-electron chi connectivity index (χ3n) is 2.98. The van der Waals surface area contributed by atoms with E-state index >= 15 is 0 Å². The fourth-order valence-corrected chi connectivity index (χ4v) is 3.19. The number of hydrogen-bond donors (Lipinski definition) is 2. The minimum Gasteiger partial charge on any atom is -0.497 e. The largest absolute Gasteiger partial charge is 0.497 e. The van der Waals surface area contributed by atoms with Gasteiger partial charge < -0.3 is 14.7 Å². The van der Waals surface area contributed by atoms with Crippen LogP contribution >= 0.6 is 0 Å². The van der Waals surface area contributed by atoms with E-state index in [1.165, 1.54) is 13.2 Å². The molecule has 1 heterocycles.